The van der Waals surface area contributed by atoms with E-state index in [0.29, 0.717) is 37.4 Å². The van der Waals surface area contributed by atoms with Gasteiger partial charge in [-0.2, -0.15) is 8.42 Å². The summed E-state index contributed by atoms with van der Waals surface area (Å²) in [7, 11) is -3.65. The molecule has 0 aliphatic carbocycles. The summed E-state index contributed by atoms with van der Waals surface area (Å²) in [5, 5.41) is 18.6. The minimum absolute atomic E-state index is 0. The second-order valence-corrected chi connectivity index (χ2v) is 12.8. The smallest absolute Gasteiger partial charge is 0.870 e. The Hall–Kier alpha value is -3.39. The monoisotopic (exact) mass is 630 g/mol. The van der Waals surface area contributed by atoms with Gasteiger partial charge < -0.3 is 24.6 Å². The Morgan fingerprint density at radius 1 is 0.841 bits per heavy atom. The Kier molecular flexibility index (Phi) is 14.9. The van der Waals surface area contributed by atoms with Crippen LogP contribution in [-0.2, 0) is 40.6 Å². The Labute approximate surface area is 275 Å². The number of ether oxygens (including phenoxy) is 1. The van der Waals surface area contributed by atoms with Crippen LogP contribution in [0.2, 0.25) is 0 Å². The first-order chi connectivity index (χ1) is 20.1. The van der Waals surface area contributed by atoms with Crippen molar-refractivity contribution < 1.29 is 56.7 Å². The van der Waals surface area contributed by atoms with Crippen molar-refractivity contribution in [2.24, 2.45) is 0 Å². The molecule has 3 N–H and O–H groups in total. The van der Waals surface area contributed by atoms with Gasteiger partial charge in [-0.1, -0.05) is 66.7 Å². The van der Waals surface area contributed by atoms with Crippen molar-refractivity contribution >= 4 is 27.8 Å². The summed E-state index contributed by atoms with van der Waals surface area (Å²) < 4.78 is 34.4. The molecular weight excluding hydrogens is 595 g/mol. The predicted molar refractivity (Wildman–Crippen MR) is 168 cm³/mol. The third-order valence-electron chi connectivity index (χ3n) is 6.53. The average Bonchev–Trinajstić information content (AvgIpc) is 2.95. The number of hydrogen-bond donors (Lipinski definition) is 2. The molecule has 11 heteroatoms. The van der Waals surface area contributed by atoms with E-state index < -0.39 is 21.3 Å². The zero-order chi connectivity index (χ0) is 30.0. The van der Waals surface area contributed by atoms with Gasteiger partial charge in [0.15, 0.2) is 0 Å². The van der Waals surface area contributed by atoms with Gasteiger partial charge in [-0.15, -0.1) is 11.8 Å². The Morgan fingerprint density at radius 2 is 1.45 bits per heavy atom. The number of carbonyl (C=O) groups is 1. The molecule has 4 aromatic rings. The van der Waals surface area contributed by atoms with Crippen LogP contribution in [0.1, 0.15) is 27.8 Å². The summed E-state index contributed by atoms with van der Waals surface area (Å²) in [5.41, 5.74) is 4.96. The third-order valence-corrected chi connectivity index (χ3v) is 8.24. The molecule has 0 radical (unpaired) electrons. The SMILES string of the molecule is CS(=O)(=O)Oc1ccc(OCCc2ccc(CC(SCCc3ccc(O)cc3)C(=O)O)cc2)c(Cc2ccccc2)c1.[Li+].[OH-]. The molecule has 0 bridgehead atoms. The molecule has 8 nitrogen and oxygen atoms in total. The van der Waals surface area contributed by atoms with Crippen LogP contribution in [-0.4, -0.2) is 53.9 Å². The van der Waals surface area contributed by atoms with Gasteiger partial charge in [-0.25, -0.2) is 0 Å². The standard InChI is InChI=1S/C33H34O7S2.Li.H2O/c1-42(37,38)40-30-15-16-31(28(23-30)21-26-5-3-2-4-6-26)39-19-17-24-7-9-27(10-8-24)22-32(33(35)36)41-20-18-25-11-13-29(34)14-12-25;;/h2-16,23,32,34H,17-22H2,1H3,(H,35,36);;1H2/q;+1;/p-1. The average molecular weight is 631 g/mol. The maximum absolute atomic E-state index is 11.9. The molecular formula is C33H35LiO8S2. The molecule has 0 saturated carbocycles. The first-order valence-electron chi connectivity index (χ1n) is 13.5. The normalized spacial score (nSPS) is 11.5. The first-order valence-corrected chi connectivity index (χ1v) is 16.4. The van der Waals surface area contributed by atoms with E-state index in [1.165, 1.54) is 11.8 Å². The van der Waals surface area contributed by atoms with E-state index in [1.807, 2.05) is 66.7 Å². The van der Waals surface area contributed by atoms with Crippen molar-refractivity contribution in [3.63, 3.8) is 0 Å². The van der Waals surface area contributed by atoms with E-state index in [4.69, 9.17) is 8.92 Å². The molecule has 0 aliphatic heterocycles. The van der Waals surface area contributed by atoms with E-state index in [2.05, 4.69) is 0 Å². The molecule has 0 heterocycles. The van der Waals surface area contributed by atoms with Crippen LogP contribution in [0.3, 0.4) is 0 Å². The van der Waals surface area contributed by atoms with Crippen LogP contribution in [0.15, 0.2) is 97.1 Å². The van der Waals surface area contributed by atoms with Gasteiger partial charge >= 0.3 is 34.9 Å². The van der Waals surface area contributed by atoms with Gasteiger partial charge in [-0.05, 0) is 71.2 Å². The second-order valence-electron chi connectivity index (χ2n) is 9.95. The number of thioether (sulfide) groups is 1. The maximum Gasteiger partial charge on any atom is 1.00 e. The zero-order valence-corrected chi connectivity index (χ0v) is 26.4. The van der Waals surface area contributed by atoms with Crippen LogP contribution >= 0.6 is 11.8 Å². The fourth-order valence-corrected chi connectivity index (χ4v) is 5.96. The molecule has 0 aromatic heterocycles. The Morgan fingerprint density at radius 3 is 2.09 bits per heavy atom. The van der Waals surface area contributed by atoms with Gasteiger partial charge in [0.2, 0.25) is 0 Å². The van der Waals surface area contributed by atoms with Crippen molar-refractivity contribution in [2.75, 3.05) is 18.6 Å². The molecule has 0 fully saturated rings. The van der Waals surface area contributed by atoms with E-state index >= 15 is 0 Å². The van der Waals surface area contributed by atoms with E-state index in [9.17, 15) is 23.4 Å². The molecule has 1 atom stereocenters. The Bertz CT molecular complexity index is 1560. The number of carboxylic acids is 1. The van der Waals surface area contributed by atoms with Crippen molar-refractivity contribution in [1.82, 2.24) is 0 Å². The maximum atomic E-state index is 11.9. The first kappa shape index (κ1) is 36.8. The molecule has 4 rings (SSSR count). The summed E-state index contributed by atoms with van der Waals surface area (Å²) in [5.74, 6) is 0.954. The molecule has 228 valence electrons. The number of benzene rings is 4. The largest absolute Gasteiger partial charge is 1.00 e. The van der Waals surface area contributed by atoms with Gasteiger partial charge in [0.05, 0.1) is 12.9 Å². The van der Waals surface area contributed by atoms with Crippen molar-refractivity contribution in [2.45, 2.75) is 30.9 Å². The number of rotatable bonds is 15. The van der Waals surface area contributed by atoms with Gasteiger partial charge in [-0.3, -0.25) is 4.79 Å². The third kappa shape index (κ3) is 12.3. The number of hydrogen-bond acceptors (Lipinski definition) is 8. The van der Waals surface area contributed by atoms with Crippen LogP contribution in [0.4, 0.5) is 0 Å². The second kappa shape index (κ2) is 17.8. The molecule has 0 amide bonds. The van der Waals surface area contributed by atoms with Gasteiger partial charge in [0, 0.05) is 18.4 Å². The van der Waals surface area contributed by atoms with Crippen LogP contribution in [0.25, 0.3) is 0 Å². The summed E-state index contributed by atoms with van der Waals surface area (Å²) in [6.07, 6.45) is 3.38. The van der Waals surface area contributed by atoms with E-state index in [0.717, 1.165) is 40.5 Å². The predicted octanol–water partition coefficient (Wildman–Crippen LogP) is 2.74. The fraction of sp³-hybridized carbons (Fsp3) is 0.242. The fourth-order valence-electron chi connectivity index (χ4n) is 4.41. The molecule has 1 unspecified atom stereocenters. The molecule has 0 aliphatic rings. The molecule has 4 aromatic carbocycles. The minimum Gasteiger partial charge on any atom is -0.870 e. The number of aliphatic carboxylic acids is 1. The van der Waals surface area contributed by atoms with Gasteiger partial charge in [0.1, 0.15) is 22.5 Å². The van der Waals surface area contributed by atoms with Gasteiger partial charge in [0.25, 0.3) is 0 Å². The number of phenolic OH excluding ortho intramolecular Hbond substituents is 1. The number of aryl methyl sites for hydroxylation is 1. The summed E-state index contributed by atoms with van der Waals surface area (Å²) in [6.45, 7) is 0.415. The molecule has 0 saturated heterocycles. The number of aromatic hydroxyl groups is 1. The molecule has 0 spiro atoms. The minimum atomic E-state index is -3.65. The van der Waals surface area contributed by atoms with Crippen LogP contribution in [0.5, 0.6) is 17.2 Å². The van der Waals surface area contributed by atoms with Crippen LogP contribution < -0.4 is 27.8 Å². The van der Waals surface area contributed by atoms with Crippen molar-refractivity contribution in [3.8, 4) is 17.2 Å². The molecule has 44 heavy (non-hydrogen) atoms. The quantitative estimate of drug-likeness (QED) is 0.150. The van der Waals surface area contributed by atoms with E-state index in [-0.39, 0.29) is 35.8 Å². The summed E-state index contributed by atoms with van der Waals surface area (Å²) in [6, 6.07) is 29.7. The van der Waals surface area contributed by atoms with Crippen LogP contribution in [0, 0.1) is 0 Å². The summed E-state index contributed by atoms with van der Waals surface area (Å²) in [4.78, 5) is 11.9. The van der Waals surface area contributed by atoms with Crippen molar-refractivity contribution in [1.29, 1.82) is 0 Å². The zero-order valence-electron chi connectivity index (χ0n) is 24.8. The Balaban J connectivity index is 0.00000337. The topological polar surface area (TPSA) is 140 Å². The number of phenols is 1. The summed E-state index contributed by atoms with van der Waals surface area (Å²) >= 11 is 1.42. The number of carboxylic acid groups (broad SMARTS) is 1. The van der Waals surface area contributed by atoms with Crippen molar-refractivity contribution in [3.05, 3.63) is 125 Å². The van der Waals surface area contributed by atoms with E-state index in [1.54, 1.807) is 30.3 Å².